The third-order valence-electron chi connectivity index (χ3n) is 2.93. The summed E-state index contributed by atoms with van der Waals surface area (Å²) in [6, 6.07) is 0.181. The fraction of sp³-hybridized carbons (Fsp3) is 0.692. The molecule has 0 aliphatic carbocycles. The van der Waals surface area contributed by atoms with Crippen LogP contribution in [0.4, 0.5) is 5.82 Å². The summed E-state index contributed by atoms with van der Waals surface area (Å²) in [5, 5.41) is 3.22. The molecule has 18 heavy (non-hydrogen) atoms. The minimum atomic E-state index is -0.0560. The predicted octanol–water partition coefficient (Wildman–Crippen LogP) is 2.72. The molecule has 0 radical (unpaired) electrons. The summed E-state index contributed by atoms with van der Waals surface area (Å²) in [5.41, 5.74) is -0.0560. The van der Waals surface area contributed by atoms with Gasteiger partial charge in [0, 0.05) is 30.9 Å². The largest absolute Gasteiger partial charge is 0.362 e. The summed E-state index contributed by atoms with van der Waals surface area (Å²) in [4.78, 5) is 16.3. The summed E-state index contributed by atoms with van der Waals surface area (Å²) in [6.07, 6.45) is 5.14. The molecule has 0 spiro atoms. The number of aryl methyl sites for hydroxylation is 1. The molecule has 0 fully saturated rings. The Labute approximate surface area is 113 Å². The van der Waals surface area contributed by atoms with Crippen LogP contribution in [0, 0.1) is 5.92 Å². The van der Waals surface area contributed by atoms with Crippen LogP contribution in [-0.2, 0) is 6.54 Å². The second kappa shape index (κ2) is 7.41. The van der Waals surface area contributed by atoms with Gasteiger partial charge in [-0.3, -0.25) is 4.79 Å². The molecule has 4 nitrogen and oxygen atoms in total. The summed E-state index contributed by atoms with van der Waals surface area (Å²) in [6.45, 7) is 6.98. The van der Waals surface area contributed by atoms with Gasteiger partial charge < -0.3 is 9.88 Å². The van der Waals surface area contributed by atoms with Crippen LogP contribution in [0.25, 0.3) is 0 Å². The highest BCUT2D eigenvalue weighted by Crippen LogP contribution is 2.11. The molecule has 0 aromatic carbocycles. The number of nitrogens with zero attached hydrogens (tertiary/aromatic N) is 2. The van der Waals surface area contributed by atoms with Gasteiger partial charge in [-0.2, -0.15) is 0 Å². The van der Waals surface area contributed by atoms with Crippen molar-refractivity contribution < 1.29 is 0 Å². The minimum absolute atomic E-state index is 0.0560. The monoisotopic (exact) mass is 271 g/mol. The van der Waals surface area contributed by atoms with E-state index >= 15 is 0 Å². The molecule has 0 aliphatic rings. The van der Waals surface area contributed by atoms with E-state index in [1.54, 1.807) is 17.0 Å². The van der Waals surface area contributed by atoms with Gasteiger partial charge in [0.05, 0.1) is 0 Å². The normalized spacial score (nSPS) is 12.7. The van der Waals surface area contributed by atoms with Gasteiger partial charge in [-0.05, 0) is 18.8 Å². The van der Waals surface area contributed by atoms with Gasteiger partial charge in [-0.1, -0.05) is 20.8 Å². The quantitative estimate of drug-likeness (QED) is 0.776. The Morgan fingerprint density at radius 2 is 2.22 bits per heavy atom. The maximum atomic E-state index is 12.1. The number of anilines is 1. The average molecular weight is 272 g/mol. The number of halogens is 1. The van der Waals surface area contributed by atoms with Crippen molar-refractivity contribution in [3.05, 3.63) is 22.7 Å². The molecule has 5 heteroatoms. The topological polar surface area (TPSA) is 46.9 Å². The third kappa shape index (κ3) is 4.02. The van der Waals surface area contributed by atoms with E-state index in [1.807, 2.05) is 6.92 Å². The molecule has 0 bridgehead atoms. The lowest BCUT2D eigenvalue weighted by atomic mass is 10.0. The van der Waals surface area contributed by atoms with Crippen LogP contribution in [0.3, 0.4) is 0 Å². The maximum absolute atomic E-state index is 12.1. The van der Waals surface area contributed by atoms with Crippen molar-refractivity contribution in [2.75, 3.05) is 11.2 Å². The van der Waals surface area contributed by atoms with E-state index in [0.29, 0.717) is 17.6 Å². The molecular weight excluding hydrogens is 250 g/mol. The molecule has 1 aromatic heterocycles. The first kappa shape index (κ1) is 15.0. The second-order valence-electron chi connectivity index (χ2n) is 4.75. The summed E-state index contributed by atoms with van der Waals surface area (Å²) < 4.78 is 1.69. The van der Waals surface area contributed by atoms with E-state index in [-0.39, 0.29) is 11.6 Å². The first-order valence-corrected chi connectivity index (χ1v) is 7.01. The highest BCUT2D eigenvalue weighted by molar-refractivity contribution is 6.17. The Morgan fingerprint density at radius 1 is 1.50 bits per heavy atom. The van der Waals surface area contributed by atoms with Gasteiger partial charge in [0.15, 0.2) is 5.82 Å². The number of hydrogen-bond donors (Lipinski definition) is 1. The lowest BCUT2D eigenvalue weighted by Crippen LogP contribution is -2.32. The third-order valence-corrected chi connectivity index (χ3v) is 3.14. The van der Waals surface area contributed by atoms with E-state index in [1.165, 1.54) is 0 Å². The van der Waals surface area contributed by atoms with Crippen molar-refractivity contribution in [1.82, 2.24) is 9.55 Å². The molecule has 1 unspecified atom stereocenters. The number of hydrogen-bond acceptors (Lipinski definition) is 3. The molecule has 0 saturated heterocycles. The second-order valence-corrected chi connectivity index (χ2v) is 5.12. The zero-order valence-electron chi connectivity index (χ0n) is 11.3. The summed E-state index contributed by atoms with van der Waals surface area (Å²) in [5.74, 6) is 1.41. The molecule has 1 atom stereocenters. The predicted molar refractivity (Wildman–Crippen MR) is 76.4 cm³/mol. The summed E-state index contributed by atoms with van der Waals surface area (Å²) >= 11 is 5.78. The van der Waals surface area contributed by atoms with Crippen molar-refractivity contribution in [2.24, 2.45) is 5.92 Å². The standard InChI is InChI=1S/C13H22ClN3O/c1-4-8-17-9-7-15-12(13(17)18)16-11(5-6-14)10(2)3/h7,9-11H,4-6,8H2,1-3H3,(H,15,16). The highest BCUT2D eigenvalue weighted by Gasteiger charge is 2.15. The number of nitrogens with one attached hydrogen (secondary N) is 1. The molecule has 0 aliphatic heterocycles. The van der Waals surface area contributed by atoms with Crippen LogP contribution in [0.5, 0.6) is 0 Å². The van der Waals surface area contributed by atoms with Crippen LogP contribution in [0.2, 0.25) is 0 Å². The number of alkyl halides is 1. The van der Waals surface area contributed by atoms with Gasteiger partial charge >= 0.3 is 0 Å². The molecule has 102 valence electrons. The molecule has 0 saturated carbocycles. The SMILES string of the molecule is CCCn1ccnc(NC(CCCl)C(C)C)c1=O. The first-order chi connectivity index (χ1) is 8.60. The van der Waals surface area contributed by atoms with E-state index in [0.717, 1.165) is 19.4 Å². The van der Waals surface area contributed by atoms with Crippen LogP contribution in [-0.4, -0.2) is 21.5 Å². The average Bonchev–Trinajstić information content (AvgIpc) is 2.33. The molecule has 1 N–H and O–H groups in total. The summed E-state index contributed by atoms with van der Waals surface area (Å²) in [7, 11) is 0. The molecule has 0 amide bonds. The Balaban J connectivity index is 2.89. The fourth-order valence-electron chi connectivity index (χ4n) is 1.83. The highest BCUT2D eigenvalue weighted by atomic mass is 35.5. The molecule has 1 aromatic rings. The molecular formula is C13H22ClN3O. The fourth-order valence-corrected chi connectivity index (χ4v) is 2.06. The Kier molecular flexibility index (Phi) is 6.19. The molecule has 1 heterocycles. The van der Waals surface area contributed by atoms with Crippen LogP contribution >= 0.6 is 11.6 Å². The zero-order chi connectivity index (χ0) is 13.5. The maximum Gasteiger partial charge on any atom is 0.293 e. The van der Waals surface area contributed by atoms with Crippen molar-refractivity contribution in [2.45, 2.75) is 46.2 Å². The zero-order valence-corrected chi connectivity index (χ0v) is 12.1. The van der Waals surface area contributed by atoms with Gasteiger partial charge in [0.1, 0.15) is 0 Å². The number of rotatable bonds is 7. The van der Waals surface area contributed by atoms with Crippen molar-refractivity contribution in [3.8, 4) is 0 Å². The van der Waals surface area contributed by atoms with Gasteiger partial charge in [-0.25, -0.2) is 4.98 Å². The van der Waals surface area contributed by atoms with E-state index in [2.05, 4.69) is 24.1 Å². The van der Waals surface area contributed by atoms with E-state index in [4.69, 9.17) is 11.6 Å². The Hall–Kier alpha value is -1.03. The van der Waals surface area contributed by atoms with E-state index in [9.17, 15) is 4.79 Å². The van der Waals surface area contributed by atoms with Crippen LogP contribution < -0.4 is 10.9 Å². The lowest BCUT2D eigenvalue weighted by molar-refractivity contribution is 0.509. The van der Waals surface area contributed by atoms with Crippen LogP contribution in [0.15, 0.2) is 17.2 Å². The molecule has 1 rings (SSSR count). The lowest BCUT2D eigenvalue weighted by Gasteiger charge is -2.21. The first-order valence-electron chi connectivity index (χ1n) is 6.48. The van der Waals surface area contributed by atoms with Crippen molar-refractivity contribution >= 4 is 17.4 Å². The minimum Gasteiger partial charge on any atom is -0.362 e. The van der Waals surface area contributed by atoms with Gasteiger partial charge in [-0.15, -0.1) is 11.6 Å². The van der Waals surface area contributed by atoms with Crippen molar-refractivity contribution in [1.29, 1.82) is 0 Å². The van der Waals surface area contributed by atoms with Gasteiger partial charge in [0.25, 0.3) is 5.56 Å². The number of aromatic nitrogens is 2. The smallest absolute Gasteiger partial charge is 0.293 e. The van der Waals surface area contributed by atoms with Gasteiger partial charge in [0.2, 0.25) is 0 Å². The van der Waals surface area contributed by atoms with E-state index < -0.39 is 0 Å². The Morgan fingerprint density at radius 3 is 2.78 bits per heavy atom. The Bertz CT molecular complexity index is 417. The van der Waals surface area contributed by atoms with Crippen LogP contribution in [0.1, 0.15) is 33.6 Å². The van der Waals surface area contributed by atoms with Crippen molar-refractivity contribution in [3.63, 3.8) is 0 Å².